The molecule has 24 heavy (non-hydrogen) atoms. The molecule has 0 aliphatic rings. The highest BCUT2D eigenvalue weighted by molar-refractivity contribution is 9.10. The van der Waals surface area contributed by atoms with Gasteiger partial charge in [0.25, 0.3) is 5.91 Å². The van der Waals surface area contributed by atoms with Gasteiger partial charge in [0, 0.05) is 6.54 Å². The van der Waals surface area contributed by atoms with Crippen LogP contribution in [0.4, 0.5) is 0 Å². The Kier molecular flexibility index (Phi) is 5.16. The molecule has 1 atom stereocenters. The van der Waals surface area contributed by atoms with Crippen LogP contribution >= 0.6 is 15.9 Å². The predicted octanol–water partition coefficient (Wildman–Crippen LogP) is 4.69. The minimum absolute atomic E-state index is 0.140. The lowest BCUT2D eigenvalue weighted by Crippen LogP contribution is -2.35. The Morgan fingerprint density at radius 3 is 2.54 bits per heavy atom. The fourth-order valence-corrected chi connectivity index (χ4v) is 3.06. The van der Waals surface area contributed by atoms with Crippen molar-refractivity contribution in [2.75, 3.05) is 0 Å². The van der Waals surface area contributed by atoms with Gasteiger partial charge in [0.05, 0.1) is 4.47 Å². The predicted molar refractivity (Wildman–Crippen MR) is 100 cm³/mol. The zero-order valence-electron chi connectivity index (χ0n) is 13.3. The molecule has 3 aromatic carbocycles. The van der Waals surface area contributed by atoms with Gasteiger partial charge in [0.15, 0.2) is 6.10 Å². The van der Waals surface area contributed by atoms with E-state index in [0.717, 1.165) is 20.8 Å². The molecule has 4 heteroatoms. The second-order valence-electron chi connectivity index (χ2n) is 5.56. The van der Waals surface area contributed by atoms with E-state index in [0.29, 0.717) is 12.3 Å². The van der Waals surface area contributed by atoms with Gasteiger partial charge in [-0.15, -0.1) is 0 Å². The first-order valence-electron chi connectivity index (χ1n) is 7.80. The summed E-state index contributed by atoms with van der Waals surface area (Å²) < 4.78 is 6.71. The molecule has 0 unspecified atom stereocenters. The lowest BCUT2D eigenvalue weighted by molar-refractivity contribution is -0.127. The normalized spacial score (nSPS) is 11.9. The van der Waals surface area contributed by atoms with Crippen molar-refractivity contribution in [1.82, 2.24) is 5.32 Å². The first-order valence-corrected chi connectivity index (χ1v) is 8.60. The van der Waals surface area contributed by atoms with Crippen molar-refractivity contribution in [1.29, 1.82) is 0 Å². The van der Waals surface area contributed by atoms with Crippen molar-refractivity contribution >= 4 is 32.6 Å². The molecule has 0 bridgehead atoms. The Hall–Kier alpha value is -2.33. The molecule has 0 saturated heterocycles. The smallest absolute Gasteiger partial charge is 0.261 e. The number of amides is 1. The molecule has 1 amide bonds. The van der Waals surface area contributed by atoms with Crippen molar-refractivity contribution in [2.45, 2.75) is 19.6 Å². The largest absolute Gasteiger partial charge is 0.480 e. The fourth-order valence-electron chi connectivity index (χ4n) is 2.48. The van der Waals surface area contributed by atoms with E-state index in [4.69, 9.17) is 4.74 Å². The first kappa shape index (κ1) is 16.5. The van der Waals surface area contributed by atoms with Gasteiger partial charge in [-0.05, 0) is 45.3 Å². The van der Waals surface area contributed by atoms with Gasteiger partial charge in [-0.25, -0.2) is 0 Å². The molecule has 0 saturated carbocycles. The third kappa shape index (κ3) is 3.77. The standard InChI is InChI=1S/C20H18BrNO2/c1-14(20(23)22-13-15-7-3-2-4-8-15)24-18-12-11-16-9-5-6-10-17(16)19(18)21/h2-12,14H,13H2,1H3,(H,22,23)/t14-/m1/s1. The molecular weight excluding hydrogens is 366 g/mol. The summed E-state index contributed by atoms with van der Waals surface area (Å²) in [5, 5.41) is 5.08. The number of nitrogens with one attached hydrogen (secondary N) is 1. The Balaban J connectivity index is 1.67. The van der Waals surface area contributed by atoms with E-state index in [1.807, 2.05) is 66.7 Å². The van der Waals surface area contributed by atoms with E-state index < -0.39 is 6.10 Å². The second-order valence-corrected chi connectivity index (χ2v) is 6.36. The van der Waals surface area contributed by atoms with E-state index in [2.05, 4.69) is 21.2 Å². The molecule has 3 aromatic rings. The summed E-state index contributed by atoms with van der Waals surface area (Å²) in [7, 11) is 0. The Labute approximate surface area is 149 Å². The zero-order chi connectivity index (χ0) is 16.9. The Morgan fingerprint density at radius 2 is 1.75 bits per heavy atom. The molecule has 0 heterocycles. The molecule has 0 radical (unpaired) electrons. The molecule has 0 fully saturated rings. The number of hydrogen-bond donors (Lipinski definition) is 1. The van der Waals surface area contributed by atoms with Crippen LogP contribution in [0.25, 0.3) is 10.8 Å². The number of carbonyl (C=O) groups is 1. The maximum atomic E-state index is 12.2. The summed E-state index contributed by atoms with van der Waals surface area (Å²) in [6.45, 7) is 2.24. The first-order chi connectivity index (χ1) is 11.6. The number of ether oxygens (including phenoxy) is 1. The Morgan fingerprint density at radius 1 is 1.04 bits per heavy atom. The summed E-state index contributed by atoms with van der Waals surface area (Å²) >= 11 is 3.58. The van der Waals surface area contributed by atoms with Gasteiger partial charge in [-0.1, -0.05) is 60.7 Å². The topological polar surface area (TPSA) is 38.3 Å². The third-order valence-electron chi connectivity index (χ3n) is 3.81. The number of rotatable bonds is 5. The molecular formula is C20H18BrNO2. The summed E-state index contributed by atoms with van der Waals surface area (Å²) in [4.78, 5) is 12.2. The van der Waals surface area contributed by atoms with Crippen LogP contribution in [-0.4, -0.2) is 12.0 Å². The van der Waals surface area contributed by atoms with E-state index in [1.165, 1.54) is 0 Å². The van der Waals surface area contributed by atoms with Crippen LogP contribution in [0.3, 0.4) is 0 Å². The lowest BCUT2D eigenvalue weighted by Gasteiger charge is -2.16. The summed E-state index contributed by atoms with van der Waals surface area (Å²) in [6, 6.07) is 21.7. The van der Waals surface area contributed by atoms with E-state index in [1.54, 1.807) is 6.92 Å². The van der Waals surface area contributed by atoms with Crippen LogP contribution in [0.5, 0.6) is 5.75 Å². The highest BCUT2D eigenvalue weighted by atomic mass is 79.9. The SMILES string of the molecule is C[C@@H](Oc1ccc2ccccc2c1Br)C(=O)NCc1ccccc1. The van der Waals surface area contributed by atoms with E-state index in [-0.39, 0.29) is 5.91 Å². The van der Waals surface area contributed by atoms with Crippen LogP contribution in [0.2, 0.25) is 0 Å². The number of carbonyl (C=O) groups excluding carboxylic acids is 1. The quantitative estimate of drug-likeness (QED) is 0.693. The van der Waals surface area contributed by atoms with Gasteiger partial charge < -0.3 is 10.1 Å². The van der Waals surface area contributed by atoms with E-state index in [9.17, 15) is 4.79 Å². The average Bonchev–Trinajstić information content (AvgIpc) is 2.63. The van der Waals surface area contributed by atoms with Crippen LogP contribution in [0.1, 0.15) is 12.5 Å². The van der Waals surface area contributed by atoms with Crippen molar-refractivity contribution in [3.8, 4) is 5.75 Å². The van der Waals surface area contributed by atoms with Gasteiger partial charge in [0.1, 0.15) is 5.75 Å². The third-order valence-corrected chi connectivity index (χ3v) is 4.63. The second kappa shape index (κ2) is 7.49. The highest BCUT2D eigenvalue weighted by Crippen LogP contribution is 2.33. The monoisotopic (exact) mass is 383 g/mol. The summed E-state index contributed by atoms with van der Waals surface area (Å²) in [5.74, 6) is 0.523. The van der Waals surface area contributed by atoms with Crippen LogP contribution in [0, 0.1) is 0 Å². The molecule has 3 nitrogen and oxygen atoms in total. The minimum Gasteiger partial charge on any atom is -0.480 e. The number of fused-ring (bicyclic) bond motifs is 1. The maximum Gasteiger partial charge on any atom is 0.261 e. The van der Waals surface area contributed by atoms with Crippen molar-refractivity contribution in [2.24, 2.45) is 0 Å². The Bertz CT molecular complexity index is 849. The van der Waals surface area contributed by atoms with Gasteiger partial charge in [-0.2, -0.15) is 0 Å². The summed E-state index contributed by atoms with van der Waals surface area (Å²) in [6.07, 6.45) is -0.578. The minimum atomic E-state index is -0.578. The van der Waals surface area contributed by atoms with Crippen molar-refractivity contribution in [3.05, 3.63) is 76.8 Å². The number of benzene rings is 3. The van der Waals surface area contributed by atoms with Gasteiger partial charge in [0.2, 0.25) is 0 Å². The van der Waals surface area contributed by atoms with Crippen LogP contribution in [-0.2, 0) is 11.3 Å². The molecule has 122 valence electrons. The zero-order valence-corrected chi connectivity index (χ0v) is 14.9. The average molecular weight is 384 g/mol. The van der Waals surface area contributed by atoms with Crippen molar-refractivity contribution in [3.63, 3.8) is 0 Å². The highest BCUT2D eigenvalue weighted by Gasteiger charge is 2.16. The molecule has 3 rings (SSSR count). The fraction of sp³-hybridized carbons (Fsp3) is 0.150. The van der Waals surface area contributed by atoms with Gasteiger partial charge in [-0.3, -0.25) is 4.79 Å². The molecule has 0 spiro atoms. The van der Waals surface area contributed by atoms with Gasteiger partial charge >= 0.3 is 0 Å². The molecule has 1 N–H and O–H groups in total. The van der Waals surface area contributed by atoms with Crippen LogP contribution < -0.4 is 10.1 Å². The van der Waals surface area contributed by atoms with Crippen LogP contribution in [0.15, 0.2) is 71.2 Å². The maximum absolute atomic E-state index is 12.2. The van der Waals surface area contributed by atoms with E-state index >= 15 is 0 Å². The molecule has 0 aliphatic heterocycles. The molecule has 0 aromatic heterocycles. The summed E-state index contributed by atoms with van der Waals surface area (Å²) in [5.41, 5.74) is 1.06. The number of halogens is 1. The van der Waals surface area contributed by atoms with Crippen molar-refractivity contribution < 1.29 is 9.53 Å². The molecule has 0 aliphatic carbocycles. The number of hydrogen-bond acceptors (Lipinski definition) is 2. The lowest BCUT2D eigenvalue weighted by atomic mass is 10.1.